The number of nitriles is 1. The highest BCUT2D eigenvalue weighted by atomic mass is 35.5. The summed E-state index contributed by atoms with van der Waals surface area (Å²) in [5, 5.41) is 9.30. The van der Waals surface area contributed by atoms with Crippen molar-refractivity contribution in [1.29, 1.82) is 5.26 Å². The van der Waals surface area contributed by atoms with Gasteiger partial charge in [0.2, 0.25) is 6.79 Å². The van der Waals surface area contributed by atoms with Crippen LogP contribution in [0.25, 0.3) is 6.08 Å². The Labute approximate surface area is 108 Å². The molecule has 4 nitrogen and oxygen atoms in total. The van der Waals surface area contributed by atoms with Crippen LogP contribution in [0.5, 0.6) is 11.5 Å². The van der Waals surface area contributed by atoms with Gasteiger partial charge in [-0.2, -0.15) is 5.26 Å². The molecule has 1 aliphatic rings. The number of fused-ring (bicyclic) bond motifs is 1. The van der Waals surface area contributed by atoms with E-state index in [0.29, 0.717) is 22.1 Å². The zero-order valence-corrected chi connectivity index (χ0v) is 10.1. The summed E-state index contributed by atoms with van der Waals surface area (Å²) in [5.41, 5.74) is 6.21. The number of hydrogen-bond donors (Lipinski definition) is 1. The number of nitrogens with two attached hydrogens (primary N) is 1. The van der Waals surface area contributed by atoms with Crippen molar-refractivity contribution in [2.24, 2.45) is 5.73 Å². The fraction of sp³-hybridized carbons (Fsp3) is 0.0909. The summed E-state index contributed by atoms with van der Waals surface area (Å²) in [6, 6.07) is 5.22. The maximum atomic E-state index is 8.86. The minimum absolute atomic E-state index is 0.0289. The Morgan fingerprint density at radius 3 is 2.71 bits per heavy atom. The van der Waals surface area contributed by atoms with Crippen LogP contribution in [0, 0.1) is 11.3 Å². The molecule has 0 bridgehead atoms. The third-order valence-corrected chi connectivity index (χ3v) is 2.72. The zero-order chi connectivity index (χ0) is 12.4. The van der Waals surface area contributed by atoms with Crippen LogP contribution < -0.4 is 15.2 Å². The number of ether oxygens (including phenoxy) is 2. The molecule has 1 aliphatic heterocycles. The minimum Gasteiger partial charge on any atom is -0.454 e. The van der Waals surface area contributed by atoms with Gasteiger partial charge >= 0.3 is 0 Å². The maximum Gasteiger partial charge on any atom is 0.231 e. The number of halogens is 1. The van der Waals surface area contributed by atoms with E-state index in [4.69, 9.17) is 44.3 Å². The summed E-state index contributed by atoms with van der Waals surface area (Å²) in [6.07, 6.45) is 1.52. The molecular formula is C11H7ClN2O2S. The van der Waals surface area contributed by atoms with Crippen molar-refractivity contribution in [3.63, 3.8) is 0 Å². The predicted molar refractivity (Wildman–Crippen MR) is 68.0 cm³/mol. The van der Waals surface area contributed by atoms with Crippen molar-refractivity contribution in [3.05, 3.63) is 28.3 Å². The van der Waals surface area contributed by atoms with Crippen LogP contribution in [0.3, 0.4) is 0 Å². The van der Waals surface area contributed by atoms with E-state index in [1.165, 1.54) is 6.08 Å². The van der Waals surface area contributed by atoms with Gasteiger partial charge in [0.05, 0.1) is 10.6 Å². The highest BCUT2D eigenvalue weighted by Gasteiger charge is 2.16. The first kappa shape index (κ1) is 11.7. The van der Waals surface area contributed by atoms with Gasteiger partial charge in [0, 0.05) is 6.07 Å². The van der Waals surface area contributed by atoms with Crippen molar-refractivity contribution < 1.29 is 9.47 Å². The molecule has 0 amide bonds. The molecule has 86 valence electrons. The van der Waals surface area contributed by atoms with Crippen LogP contribution in [-0.4, -0.2) is 11.8 Å². The Kier molecular flexibility index (Phi) is 3.18. The van der Waals surface area contributed by atoms with Crippen molar-refractivity contribution in [2.75, 3.05) is 6.79 Å². The van der Waals surface area contributed by atoms with Crippen LogP contribution in [0.1, 0.15) is 5.56 Å². The average molecular weight is 267 g/mol. The fourth-order valence-corrected chi connectivity index (χ4v) is 1.67. The lowest BCUT2D eigenvalue weighted by Gasteiger charge is -2.02. The van der Waals surface area contributed by atoms with Gasteiger partial charge in [-0.05, 0) is 17.7 Å². The van der Waals surface area contributed by atoms with Crippen LogP contribution >= 0.6 is 23.8 Å². The van der Waals surface area contributed by atoms with Crippen LogP contribution in [0.15, 0.2) is 17.7 Å². The first-order valence-electron chi connectivity index (χ1n) is 4.62. The minimum atomic E-state index is 0.0289. The molecule has 0 saturated heterocycles. The third kappa shape index (κ3) is 2.33. The summed E-state index contributed by atoms with van der Waals surface area (Å²) in [4.78, 5) is 0.0289. The maximum absolute atomic E-state index is 8.86. The second kappa shape index (κ2) is 4.62. The Morgan fingerprint density at radius 2 is 2.12 bits per heavy atom. The molecule has 0 radical (unpaired) electrons. The monoisotopic (exact) mass is 266 g/mol. The number of hydrogen-bond acceptors (Lipinski definition) is 4. The van der Waals surface area contributed by atoms with E-state index < -0.39 is 0 Å². The smallest absolute Gasteiger partial charge is 0.231 e. The second-order valence-electron chi connectivity index (χ2n) is 3.26. The summed E-state index contributed by atoms with van der Waals surface area (Å²) in [5.74, 6) is 1.17. The van der Waals surface area contributed by atoms with E-state index in [2.05, 4.69) is 0 Å². The zero-order valence-electron chi connectivity index (χ0n) is 8.57. The molecule has 6 heteroatoms. The fourth-order valence-electron chi connectivity index (χ4n) is 1.36. The molecule has 0 aliphatic carbocycles. The lowest BCUT2D eigenvalue weighted by atomic mass is 10.1. The molecule has 1 aromatic carbocycles. The number of nitrogens with zero attached hydrogens (tertiary/aromatic N) is 1. The van der Waals surface area contributed by atoms with Crippen LogP contribution in [0.2, 0.25) is 5.02 Å². The molecule has 0 aromatic heterocycles. The molecule has 2 N–H and O–H groups in total. The predicted octanol–water partition coefficient (Wildman–Crippen LogP) is 2.26. The Bertz CT molecular complexity index is 563. The quantitative estimate of drug-likeness (QED) is 0.505. The van der Waals surface area contributed by atoms with Gasteiger partial charge in [0.15, 0.2) is 11.5 Å². The normalized spacial score (nSPS) is 13.3. The standard InChI is InChI=1S/C11H7ClN2O2S/c12-8-3-10-9(15-5-16-10)2-6(8)1-7(4-13)11(14)17/h1-3H,5H2,(H2,14,17). The van der Waals surface area contributed by atoms with Crippen molar-refractivity contribution in [2.45, 2.75) is 0 Å². The molecule has 1 heterocycles. The molecule has 2 rings (SSSR count). The highest BCUT2D eigenvalue weighted by molar-refractivity contribution is 7.80. The molecule has 17 heavy (non-hydrogen) atoms. The second-order valence-corrected chi connectivity index (χ2v) is 4.11. The number of rotatable bonds is 2. The Balaban J connectivity index is 2.47. The molecule has 0 saturated carbocycles. The van der Waals surface area contributed by atoms with E-state index in [1.54, 1.807) is 12.1 Å². The van der Waals surface area contributed by atoms with Gasteiger partial charge in [0.1, 0.15) is 11.1 Å². The SMILES string of the molecule is N#CC(=Cc1cc2c(cc1Cl)OCO2)C(N)=S. The topological polar surface area (TPSA) is 68.3 Å². The molecule has 0 spiro atoms. The Morgan fingerprint density at radius 1 is 1.47 bits per heavy atom. The summed E-state index contributed by atoms with van der Waals surface area (Å²) in [6.45, 7) is 0.166. The summed E-state index contributed by atoms with van der Waals surface area (Å²) >= 11 is 10.8. The van der Waals surface area contributed by atoms with Crippen LogP contribution in [-0.2, 0) is 0 Å². The summed E-state index contributed by atoms with van der Waals surface area (Å²) < 4.78 is 10.4. The van der Waals surface area contributed by atoms with Gasteiger partial charge in [-0.1, -0.05) is 23.8 Å². The molecule has 0 atom stereocenters. The van der Waals surface area contributed by atoms with Crippen LogP contribution in [0.4, 0.5) is 0 Å². The van der Waals surface area contributed by atoms with Crippen molar-refractivity contribution in [3.8, 4) is 17.6 Å². The van der Waals surface area contributed by atoms with Gasteiger partial charge in [-0.3, -0.25) is 0 Å². The van der Waals surface area contributed by atoms with Crippen molar-refractivity contribution >= 4 is 34.9 Å². The van der Waals surface area contributed by atoms with E-state index >= 15 is 0 Å². The average Bonchev–Trinajstić information content (AvgIpc) is 2.72. The lowest BCUT2D eigenvalue weighted by molar-refractivity contribution is 0.174. The first-order chi connectivity index (χ1) is 8.11. The first-order valence-corrected chi connectivity index (χ1v) is 5.41. The van der Waals surface area contributed by atoms with E-state index in [-0.39, 0.29) is 17.4 Å². The van der Waals surface area contributed by atoms with E-state index in [9.17, 15) is 0 Å². The van der Waals surface area contributed by atoms with Gasteiger partial charge in [-0.25, -0.2) is 0 Å². The summed E-state index contributed by atoms with van der Waals surface area (Å²) in [7, 11) is 0. The van der Waals surface area contributed by atoms with E-state index in [0.717, 1.165) is 0 Å². The van der Waals surface area contributed by atoms with Crippen molar-refractivity contribution in [1.82, 2.24) is 0 Å². The highest BCUT2D eigenvalue weighted by Crippen LogP contribution is 2.37. The number of thiocarbonyl (C=S) groups is 1. The molecule has 1 aromatic rings. The van der Waals surface area contributed by atoms with Gasteiger partial charge in [-0.15, -0.1) is 0 Å². The Hall–Kier alpha value is -1.77. The largest absolute Gasteiger partial charge is 0.454 e. The van der Waals surface area contributed by atoms with Gasteiger partial charge < -0.3 is 15.2 Å². The molecule has 0 unspecified atom stereocenters. The molecule has 0 fully saturated rings. The van der Waals surface area contributed by atoms with E-state index in [1.807, 2.05) is 6.07 Å². The molecular weight excluding hydrogens is 260 g/mol. The third-order valence-electron chi connectivity index (χ3n) is 2.18. The van der Waals surface area contributed by atoms with Gasteiger partial charge in [0.25, 0.3) is 0 Å². The lowest BCUT2D eigenvalue weighted by Crippen LogP contribution is -2.09. The number of benzene rings is 1.